The third-order valence-electron chi connectivity index (χ3n) is 7.29. The molecule has 9 nitrogen and oxygen atoms in total. The van der Waals surface area contributed by atoms with E-state index >= 15 is 0 Å². The van der Waals surface area contributed by atoms with Gasteiger partial charge in [-0.15, -0.1) is 0 Å². The van der Waals surface area contributed by atoms with E-state index in [4.69, 9.17) is 30.7 Å². The van der Waals surface area contributed by atoms with E-state index in [2.05, 4.69) is 88.3 Å². The van der Waals surface area contributed by atoms with E-state index in [0.717, 1.165) is 31.7 Å². The normalized spacial score (nSPS) is 13.9. The summed E-state index contributed by atoms with van der Waals surface area (Å²) >= 11 is 0. The lowest BCUT2D eigenvalue weighted by Crippen LogP contribution is -2.43. The zero-order chi connectivity index (χ0) is 35.5. The van der Waals surface area contributed by atoms with E-state index in [1.807, 2.05) is 12.1 Å². The van der Waals surface area contributed by atoms with Crippen molar-refractivity contribution in [3.63, 3.8) is 0 Å². The highest BCUT2D eigenvalue weighted by atomic mass is 32.2. The van der Waals surface area contributed by atoms with E-state index < -0.39 is 31.3 Å². The molecular weight excluding hydrogens is 690 g/mol. The smallest absolute Gasteiger partial charge is 0.485 e. The Morgan fingerprint density at radius 3 is 1.65 bits per heavy atom. The Morgan fingerprint density at radius 1 is 0.667 bits per heavy atom. The van der Waals surface area contributed by atoms with Crippen LogP contribution in [0.3, 0.4) is 0 Å². The Bertz CT molecular complexity index is 2010. The van der Waals surface area contributed by atoms with Gasteiger partial charge < -0.3 is 13.8 Å². The van der Waals surface area contributed by atoms with Crippen molar-refractivity contribution >= 4 is 32.4 Å². The summed E-state index contributed by atoms with van der Waals surface area (Å²) in [6.07, 6.45) is 11.0. The number of hydrogen-bond acceptors (Lipinski definition) is 7. The number of nitrogens with zero attached hydrogens (tertiary/aromatic N) is 2. The van der Waals surface area contributed by atoms with Gasteiger partial charge in [0.1, 0.15) is 5.75 Å². The molecule has 0 saturated heterocycles. The Hall–Kier alpha value is -4.32. The summed E-state index contributed by atoms with van der Waals surface area (Å²) in [6, 6.07) is 24.0. The number of halogens is 6. The maximum atomic E-state index is 10.7. The molecule has 0 fully saturated rings. The number of ether oxygens (including phenoxy) is 1. The van der Waals surface area contributed by atoms with Crippen molar-refractivity contribution in [1.29, 1.82) is 0 Å². The number of aromatic nitrogens is 2. The maximum Gasteiger partial charge on any atom is 0.485 e. The molecule has 0 unspecified atom stereocenters. The van der Waals surface area contributed by atoms with E-state index in [1.165, 1.54) is 44.8 Å². The van der Waals surface area contributed by atoms with E-state index in [-0.39, 0.29) is 0 Å². The Morgan fingerprint density at radius 2 is 1.15 bits per heavy atom. The largest absolute Gasteiger partial charge is 0.741 e. The molecule has 17 heteroatoms. The van der Waals surface area contributed by atoms with Gasteiger partial charge in [0.05, 0.1) is 18.2 Å². The highest BCUT2D eigenvalue weighted by Crippen LogP contribution is 2.39. The molecule has 256 valence electrons. The zero-order valence-corrected chi connectivity index (χ0v) is 26.5. The average molecular weight is 717 g/mol. The van der Waals surface area contributed by atoms with Crippen molar-refractivity contribution in [1.82, 2.24) is 0 Å². The fourth-order valence-electron chi connectivity index (χ4n) is 5.04. The first kappa shape index (κ1) is 36.5. The van der Waals surface area contributed by atoms with Crippen LogP contribution >= 0.6 is 0 Å². The van der Waals surface area contributed by atoms with E-state index in [0.29, 0.717) is 0 Å². The second kappa shape index (κ2) is 14.0. The maximum absolute atomic E-state index is 10.7. The molecule has 48 heavy (non-hydrogen) atoms. The molecule has 2 aliphatic rings. The first-order valence-electron chi connectivity index (χ1n) is 13.8. The predicted octanol–water partition coefficient (Wildman–Crippen LogP) is 4.99. The van der Waals surface area contributed by atoms with Gasteiger partial charge in [-0.1, -0.05) is 36.4 Å². The van der Waals surface area contributed by atoms with E-state index in [9.17, 15) is 26.3 Å². The number of pyridine rings is 2. The molecule has 4 aromatic rings. The number of hydrogen-bond donors (Lipinski definition) is 0. The molecule has 0 amide bonds. The van der Waals surface area contributed by atoms with Crippen molar-refractivity contribution < 1.29 is 66.2 Å². The summed E-state index contributed by atoms with van der Waals surface area (Å²) in [5, 5.41) is 0. The molecule has 4 heterocycles. The monoisotopic (exact) mass is 716 g/mol. The second-order valence-corrected chi connectivity index (χ2v) is 13.1. The standard InChI is InChI=1S/C29H26N2O.2CHF3O3S/c1-32-25-11-7-21(8-12-25)5-6-22-13-17-31-19-15-24-10-9-23-14-18-30-16-3-2-4-26(30)28(23)29(24)27(31)20-22;2*2-1(3,4)8(5,6)7/h2-13,16-17,20H,14-15,18-19H2,1H3;2*(H,5,6,7)/q+2;;/p-2/b6-5+;;. The molecule has 0 aliphatic carbocycles. The van der Waals surface area contributed by atoms with Crippen LogP contribution in [0.2, 0.25) is 0 Å². The first-order valence-corrected chi connectivity index (χ1v) is 16.7. The number of benzene rings is 2. The molecule has 6 rings (SSSR count). The van der Waals surface area contributed by atoms with Gasteiger partial charge in [-0.3, -0.25) is 0 Å². The Labute approximate surface area is 271 Å². The number of fused-ring (bicyclic) bond motifs is 7. The van der Waals surface area contributed by atoms with Gasteiger partial charge in [0.2, 0.25) is 11.4 Å². The van der Waals surface area contributed by atoms with E-state index in [1.54, 1.807) is 7.11 Å². The zero-order valence-electron chi connectivity index (χ0n) is 24.8. The number of aryl methyl sites for hydroxylation is 4. The number of methoxy groups -OCH3 is 1. The van der Waals surface area contributed by atoms with Crippen LogP contribution in [0, 0.1) is 0 Å². The lowest BCUT2D eigenvalue weighted by atomic mass is 9.85. The van der Waals surface area contributed by atoms with Crippen LogP contribution in [0.1, 0.15) is 22.3 Å². The van der Waals surface area contributed by atoms with Crippen LogP contribution in [0.5, 0.6) is 5.75 Å². The molecule has 0 atom stereocenters. The topological polar surface area (TPSA) is 131 Å². The summed E-state index contributed by atoms with van der Waals surface area (Å²) in [5.41, 5.74) is -0.517. The van der Waals surface area contributed by atoms with Gasteiger partial charge in [0.25, 0.3) is 0 Å². The summed E-state index contributed by atoms with van der Waals surface area (Å²) in [4.78, 5) is 0. The van der Waals surface area contributed by atoms with Crippen LogP contribution in [-0.2, 0) is 46.2 Å². The minimum absolute atomic E-state index is 0.881. The average Bonchev–Trinajstić information content (AvgIpc) is 3.02. The Balaban J connectivity index is 0.000000272. The fraction of sp³-hybridized carbons (Fsp3) is 0.226. The summed E-state index contributed by atoms with van der Waals surface area (Å²) in [5.74, 6) is 0.881. The summed E-state index contributed by atoms with van der Waals surface area (Å²) in [7, 11) is -10.5. The second-order valence-electron chi connectivity index (χ2n) is 10.4. The van der Waals surface area contributed by atoms with Crippen molar-refractivity contribution in [2.75, 3.05) is 7.11 Å². The van der Waals surface area contributed by atoms with Crippen molar-refractivity contribution in [2.45, 2.75) is 36.9 Å². The van der Waals surface area contributed by atoms with Crippen molar-refractivity contribution in [3.05, 3.63) is 101 Å². The fourth-order valence-corrected chi connectivity index (χ4v) is 5.04. The molecule has 2 aromatic heterocycles. The van der Waals surface area contributed by atoms with Gasteiger partial charge in [-0.2, -0.15) is 35.5 Å². The van der Waals surface area contributed by atoms with Crippen molar-refractivity contribution in [2.24, 2.45) is 0 Å². The molecule has 0 bridgehead atoms. The highest BCUT2D eigenvalue weighted by Gasteiger charge is 2.37. The SMILES string of the molecule is COc1ccc(/C=C/c2cc[n+]3c(c2)-c2c(ccc4c2-c2cccc[n+]2CC4)CC3)cc1.O=S(=O)([O-])C(F)(F)F.O=S(=O)([O-])C(F)(F)F. The minimum atomic E-state index is -6.09. The lowest BCUT2D eigenvalue weighted by molar-refractivity contribution is -0.689. The summed E-state index contributed by atoms with van der Waals surface area (Å²) < 4.78 is 128. The molecule has 2 aromatic carbocycles. The van der Waals surface area contributed by atoms with Crippen LogP contribution in [-0.4, -0.2) is 44.1 Å². The first-order chi connectivity index (χ1) is 22.3. The summed E-state index contributed by atoms with van der Waals surface area (Å²) in [6.45, 7) is 2.07. The molecule has 0 N–H and O–H groups in total. The predicted molar refractivity (Wildman–Crippen MR) is 159 cm³/mol. The van der Waals surface area contributed by atoms with Crippen LogP contribution in [0.15, 0.2) is 79.1 Å². The van der Waals surface area contributed by atoms with Crippen LogP contribution < -0.4 is 13.9 Å². The van der Waals surface area contributed by atoms with Gasteiger partial charge in [0.15, 0.2) is 45.7 Å². The van der Waals surface area contributed by atoms with Crippen LogP contribution in [0.4, 0.5) is 26.3 Å². The lowest BCUT2D eigenvalue weighted by Gasteiger charge is -2.22. The molecular formula is C31H26F6N2O7S2. The third kappa shape index (κ3) is 8.58. The highest BCUT2D eigenvalue weighted by molar-refractivity contribution is 7.86. The third-order valence-corrected chi connectivity index (χ3v) is 8.42. The van der Waals surface area contributed by atoms with Gasteiger partial charge in [0, 0.05) is 37.1 Å². The van der Waals surface area contributed by atoms with Gasteiger partial charge in [-0.05, 0) is 40.5 Å². The molecule has 0 radical (unpaired) electrons. The molecule has 2 aliphatic heterocycles. The molecule has 0 spiro atoms. The number of rotatable bonds is 3. The van der Waals surface area contributed by atoms with Gasteiger partial charge in [-0.25, -0.2) is 16.8 Å². The number of alkyl halides is 6. The minimum Gasteiger partial charge on any atom is -0.741 e. The van der Waals surface area contributed by atoms with Crippen LogP contribution in [0.25, 0.3) is 34.7 Å². The molecule has 0 saturated carbocycles. The van der Waals surface area contributed by atoms with Gasteiger partial charge >= 0.3 is 11.0 Å². The quantitative estimate of drug-likeness (QED) is 0.126. The Kier molecular flexibility index (Phi) is 10.7. The van der Waals surface area contributed by atoms with Crippen molar-refractivity contribution in [3.8, 4) is 28.3 Å².